The second-order valence-electron chi connectivity index (χ2n) is 10.9. The number of carbonyl (C=O) groups is 5. The average Bonchev–Trinajstić information content (AvgIpc) is 2.88. The third kappa shape index (κ3) is 10.00. The Morgan fingerprint density at radius 1 is 0.821 bits per heavy atom. The van der Waals surface area contributed by atoms with Gasteiger partial charge < -0.3 is 25.4 Å². The molecule has 3 N–H and O–H groups in total. The lowest BCUT2D eigenvalue weighted by molar-refractivity contribution is -0.162. The number of cyclic esters (lactones) is 2. The minimum Gasteiger partial charge on any atom is -0.452 e. The molecule has 216 valence electrons. The van der Waals surface area contributed by atoms with E-state index in [0.717, 1.165) is 5.56 Å². The lowest BCUT2D eigenvalue weighted by Gasteiger charge is -2.29. The topological polar surface area (TPSA) is 140 Å². The van der Waals surface area contributed by atoms with Crippen LogP contribution in [-0.4, -0.2) is 60.5 Å². The van der Waals surface area contributed by atoms with Gasteiger partial charge in [-0.15, -0.1) is 0 Å². The van der Waals surface area contributed by atoms with Gasteiger partial charge in [-0.1, -0.05) is 78.3 Å². The van der Waals surface area contributed by atoms with Crippen molar-refractivity contribution in [3.8, 4) is 0 Å². The molecular weight excluding hydrogens is 502 g/mol. The number of carbonyl (C=O) groups excluding carboxylic acids is 5. The average molecular weight is 546 g/mol. The summed E-state index contributed by atoms with van der Waals surface area (Å²) in [7, 11) is 0. The first kappa shape index (κ1) is 31.8. The summed E-state index contributed by atoms with van der Waals surface area (Å²) >= 11 is 0. The van der Waals surface area contributed by atoms with Crippen molar-refractivity contribution in [3.63, 3.8) is 0 Å². The van der Waals surface area contributed by atoms with E-state index in [9.17, 15) is 24.0 Å². The van der Waals surface area contributed by atoms with E-state index in [1.807, 2.05) is 58.0 Å². The molecule has 1 aromatic rings. The summed E-state index contributed by atoms with van der Waals surface area (Å²) in [6, 6.07) is 7.09. The largest absolute Gasteiger partial charge is 0.452 e. The standard InChI is InChI=1S/C29H43N3O7/c1-7-19(6)25-28(36)30-14-13-23(33)38-21(15-17(2)3)26(34)31-24(18(4)5)29(37)39-22(27(35)32-25)16-20-11-9-8-10-12-20/h8-12,17-19,21-22,24-25H,7,13-16H2,1-6H3,(H,30,36)(H,31,34)(H,32,35)/t19-,21-,22-,24?,25-/m0/s1. The van der Waals surface area contributed by atoms with Crippen LogP contribution >= 0.6 is 0 Å². The number of amides is 3. The van der Waals surface area contributed by atoms with Gasteiger partial charge in [0.2, 0.25) is 5.91 Å². The van der Waals surface area contributed by atoms with Crippen LogP contribution in [0.2, 0.25) is 0 Å². The molecule has 1 aliphatic heterocycles. The SMILES string of the molecule is CC[C@H](C)[C@@H]1NC(=O)[C@H](Cc2ccccc2)OC(=O)C(C(C)C)NC(=O)[C@H](CC(C)C)OC(=O)CCNC1=O. The molecule has 1 aromatic carbocycles. The number of ether oxygens (including phenoxy) is 2. The number of hydrogen-bond acceptors (Lipinski definition) is 7. The van der Waals surface area contributed by atoms with E-state index >= 15 is 0 Å². The van der Waals surface area contributed by atoms with E-state index in [2.05, 4.69) is 16.0 Å². The van der Waals surface area contributed by atoms with Gasteiger partial charge in [-0.05, 0) is 29.7 Å². The van der Waals surface area contributed by atoms with E-state index in [-0.39, 0.29) is 43.6 Å². The minimum absolute atomic E-state index is 0.0203. The predicted molar refractivity (Wildman–Crippen MR) is 145 cm³/mol. The monoisotopic (exact) mass is 545 g/mol. The fraction of sp³-hybridized carbons (Fsp3) is 0.621. The van der Waals surface area contributed by atoms with E-state index < -0.39 is 54.0 Å². The Morgan fingerprint density at radius 2 is 1.44 bits per heavy atom. The molecule has 1 aliphatic rings. The molecule has 0 saturated carbocycles. The third-order valence-electron chi connectivity index (χ3n) is 6.71. The van der Waals surface area contributed by atoms with Crippen molar-refractivity contribution >= 4 is 29.7 Å². The number of nitrogens with one attached hydrogen (secondary N) is 3. The summed E-state index contributed by atoms with van der Waals surface area (Å²) in [6.45, 7) is 11.0. The summed E-state index contributed by atoms with van der Waals surface area (Å²) in [5.74, 6) is -3.73. The van der Waals surface area contributed by atoms with Crippen LogP contribution in [0.3, 0.4) is 0 Å². The highest BCUT2D eigenvalue weighted by Gasteiger charge is 2.36. The summed E-state index contributed by atoms with van der Waals surface area (Å²) in [5, 5.41) is 8.11. The van der Waals surface area contributed by atoms with Gasteiger partial charge >= 0.3 is 11.9 Å². The molecule has 1 saturated heterocycles. The number of benzene rings is 1. The lowest BCUT2D eigenvalue weighted by Crippen LogP contribution is -2.55. The lowest BCUT2D eigenvalue weighted by atomic mass is 9.97. The second-order valence-corrected chi connectivity index (χ2v) is 10.9. The van der Waals surface area contributed by atoms with E-state index in [1.54, 1.807) is 13.8 Å². The van der Waals surface area contributed by atoms with Crippen LogP contribution in [0.25, 0.3) is 0 Å². The maximum Gasteiger partial charge on any atom is 0.329 e. The first-order valence-corrected chi connectivity index (χ1v) is 13.7. The third-order valence-corrected chi connectivity index (χ3v) is 6.71. The van der Waals surface area contributed by atoms with Crippen LogP contribution < -0.4 is 16.0 Å². The van der Waals surface area contributed by atoms with Gasteiger partial charge in [0, 0.05) is 13.0 Å². The molecule has 5 atom stereocenters. The molecule has 2 rings (SSSR count). The summed E-state index contributed by atoms with van der Waals surface area (Å²) < 4.78 is 11.2. The maximum absolute atomic E-state index is 13.5. The molecule has 0 aliphatic carbocycles. The number of rotatable bonds is 7. The van der Waals surface area contributed by atoms with Gasteiger partial charge in [-0.2, -0.15) is 0 Å². The van der Waals surface area contributed by atoms with E-state index in [4.69, 9.17) is 9.47 Å². The van der Waals surface area contributed by atoms with Crippen molar-refractivity contribution in [2.75, 3.05) is 6.54 Å². The van der Waals surface area contributed by atoms with Gasteiger partial charge in [-0.3, -0.25) is 19.2 Å². The van der Waals surface area contributed by atoms with Crippen LogP contribution in [-0.2, 0) is 39.9 Å². The highest BCUT2D eigenvalue weighted by molar-refractivity contribution is 5.93. The molecule has 39 heavy (non-hydrogen) atoms. The van der Waals surface area contributed by atoms with Gasteiger partial charge in [-0.25, -0.2) is 4.79 Å². The Hall–Kier alpha value is -3.43. The van der Waals surface area contributed by atoms with Gasteiger partial charge in [0.05, 0.1) is 6.42 Å². The normalized spacial score (nSPS) is 24.9. The highest BCUT2D eigenvalue weighted by atomic mass is 16.6. The van der Waals surface area contributed by atoms with Crippen molar-refractivity contribution in [1.82, 2.24) is 16.0 Å². The second kappa shape index (κ2) is 15.2. The minimum atomic E-state index is -1.24. The first-order valence-electron chi connectivity index (χ1n) is 13.7. The molecule has 1 fully saturated rings. The molecule has 1 heterocycles. The summed E-state index contributed by atoms with van der Waals surface area (Å²) in [6.07, 6.45) is -1.58. The zero-order valence-corrected chi connectivity index (χ0v) is 23.8. The van der Waals surface area contributed by atoms with Crippen LogP contribution in [0.5, 0.6) is 0 Å². The van der Waals surface area contributed by atoms with E-state index in [0.29, 0.717) is 6.42 Å². The van der Waals surface area contributed by atoms with Crippen LogP contribution in [0, 0.1) is 17.8 Å². The molecular formula is C29H43N3O7. The van der Waals surface area contributed by atoms with Crippen molar-refractivity contribution in [2.45, 2.75) is 91.5 Å². The quantitative estimate of drug-likeness (QED) is 0.447. The molecule has 10 nitrogen and oxygen atoms in total. The highest BCUT2D eigenvalue weighted by Crippen LogP contribution is 2.16. The Morgan fingerprint density at radius 3 is 2.03 bits per heavy atom. The van der Waals surface area contributed by atoms with Crippen molar-refractivity contribution < 1.29 is 33.4 Å². The van der Waals surface area contributed by atoms with Crippen molar-refractivity contribution in [1.29, 1.82) is 0 Å². The number of hydrogen-bond donors (Lipinski definition) is 3. The maximum atomic E-state index is 13.5. The Kier molecular flexibility index (Phi) is 12.4. The molecule has 3 amide bonds. The van der Waals surface area contributed by atoms with Crippen LogP contribution in [0.1, 0.15) is 66.4 Å². The van der Waals surface area contributed by atoms with Crippen molar-refractivity contribution in [3.05, 3.63) is 35.9 Å². The Balaban J connectivity index is 2.45. The van der Waals surface area contributed by atoms with Crippen molar-refractivity contribution in [2.24, 2.45) is 17.8 Å². The summed E-state index contributed by atoms with van der Waals surface area (Å²) in [4.78, 5) is 65.5. The van der Waals surface area contributed by atoms with Crippen LogP contribution in [0.15, 0.2) is 30.3 Å². The Bertz CT molecular complexity index is 996. The summed E-state index contributed by atoms with van der Waals surface area (Å²) in [5.41, 5.74) is 0.762. The fourth-order valence-electron chi connectivity index (χ4n) is 4.17. The molecule has 0 spiro atoms. The van der Waals surface area contributed by atoms with Gasteiger partial charge in [0.25, 0.3) is 11.8 Å². The zero-order valence-electron chi connectivity index (χ0n) is 23.8. The molecule has 0 bridgehead atoms. The molecule has 0 radical (unpaired) electrons. The van der Waals surface area contributed by atoms with Gasteiger partial charge in [0.15, 0.2) is 12.2 Å². The smallest absolute Gasteiger partial charge is 0.329 e. The molecule has 0 aromatic heterocycles. The molecule has 1 unspecified atom stereocenters. The fourth-order valence-corrected chi connectivity index (χ4v) is 4.17. The predicted octanol–water partition coefficient (Wildman–Crippen LogP) is 2.29. The zero-order chi connectivity index (χ0) is 29.1. The molecule has 10 heteroatoms. The Labute approximate surface area is 231 Å². The van der Waals surface area contributed by atoms with Gasteiger partial charge in [0.1, 0.15) is 12.1 Å². The van der Waals surface area contributed by atoms with E-state index in [1.165, 1.54) is 0 Å². The van der Waals surface area contributed by atoms with Crippen LogP contribution in [0.4, 0.5) is 0 Å². The number of esters is 2. The first-order chi connectivity index (χ1) is 18.4.